The first-order valence-electron chi connectivity index (χ1n) is 9.91. The molecule has 2 aromatic heterocycles. The molecule has 0 radical (unpaired) electrons. The molecular formula is C23H23N5OS. The number of benzene rings is 2. The quantitative estimate of drug-likeness (QED) is 0.358. The summed E-state index contributed by atoms with van der Waals surface area (Å²) in [5.41, 5.74) is 4.04. The molecule has 0 bridgehead atoms. The topological polar surface area (TPSA) is 72.7 Å². The number of carbonyl (C=O) groups excluding carboxylic acids is 1. The number of rotatable bonds is 7. The van der Waals surface area contributed by atoms with Gasteiger partial charge in [-0.1, -0.05) is 61.2 Å². The van der Waals surface area contributed by atoms with E-state index in [9.17, 15) is 4.79 Å². The molecule has 1 unspecified atom stereocenters. The number of fused-ring (bicyclic) bond motifs is 1. The van der Waals surface area contributed by atoms with Gasteiger partial charge in [0.15, 0.2) is 5.65 Å². The summed E-state index contributed by atoms with van der Waals surface area (Å²) in [6.45, 7) is 4.13. The van der Waals surface area contributed by atoms with E-state index in [-0.39, 0.29) is 17.7 Å². The number of nitrogens with zero attached hydrogens (tertiary/aromatic N) is 4. The highest BCUT2D eigenvalue weighted by atomic mass is 32.2. The smallest absolute Gasteiger partial charge is 0.230 e. The lowest BCUT2D eigenvalue weighted by Gasteiger charge is -2.14. The van der Waals surface area contributed by atoms with E-state index in [0.29, 0.717) is 0 Å². The molecule has 6 nitrogen and oxygen atoms in total. The van der Waals surface area contributed by atoms with Gasteiger partial charge >= 0.3 is 0 Å². The predicted octanol–water partition coefficient (Wildman–Crippen LogP) is 4.35. The number of aromatic nitrogens is 4. The van der Waals surface area contributed by atoms with Crippen LogP contribution in [-0.4, -0.2) is 31.4 Å². The summed E-state index contributed by atoms with van der Waals surface area (Å²) in [5, 5.41) is 9.10. The number of nitrogens with one attached hydrogen (secondary N) is 1. The summed E-state index contributed by atoms with van der Waals surface area (Å²) in [7, 11) is 0. The second-order valence-electron chi connectivity index (χ2n) is 6.98. The van der Waals surface area contributed by atoms with Crippen molar-refractivity contribution in [3.05, 3.63) is 78.2 Å². The van der Waals surface area contributed by atoms with Crippen molar-refractivity contribution >= 4 is 28.7 Å². The van der Waals surface area contributed by atoms with Gasteiger partial charge in [-0.25, -0.2) is 14.6 Å². The van der Waals surface area contributed by atoms with Crippen molar-refractivity contribution in [2.75, 3.05) is 5.75 Å². The number of thioether (sulfide) groups is 1. The van der Waals surface area contributed by atoms with Gasteiger partial charge in [0.2, 0.25) is 5.91 Å². The predicted molar refractivity (Wildman–Crippen MR) is 120 cm³/mol. The summed E-state index contributed by atoms with van der Waals surface area (Å²) in [5.74, 6) is 0.245. The third-order valence-electron chi connectivity index (χ3n) is 4.94. The van der Waals surface area contributed by atoms with Gasteiger partial charge in [0, 0.05) is 0 Å². The van der Waals surface area contributed by atoms with E-state index in [1.807, 2.05) is 37.3 Å². The second kappa shape index (κ2) is 9.09. The number of hydrogen-bond acceptors (Lipinski definition) is 5. The number of aryl methyl sites for hydroxylation is 1. The zero-order valence-electron chi connectivity index (χ0n) is 16.9. The van der Waals surface area contributed by atoms with E-state index in [1.54, 1.807) is 10.9 Å². The van der Waals surface area contributed by atoms with Crippen LogP contribution in [0, 0.1) is 0 Å². The zero-order valence-corrected chi connectivity index (χ0v) is 17.8. The molecule has 0 fully saturated rings. The molecule has 0 aliphatic carbocycles. The van der Waals surface area contributed by atoms with E-state index in [1.165, 1.54) is 23.7 Å². The van der Waals surface area contributed by atoms with Crippen molar-refractivity contribution in [3.63, 3.8) is 0 Å². The Labute approximate surface area is 179 Å². The Bertz CT molecular complexity index is 1140. The summed E-state index contributed by atoms with van der Waals surface area (Å²) < 4.78 is 1.78. The van der Waals surface area contributed by atoms with Gasteiger partial charge in [0.25, 0.3) is 0 Å². The molecule has 4 rings (SSSR count). The van der Waals surface area contributed by atoms with E-state index in [4.69, 9.17) is 0 Å². The number of amides is 1. The zero-order chi connectivity index (χ0) is 20.9. The lowest BCUT2D eigenvalue weighted by Crippen LogP contribution is -2.28. The minimum atomic E-state index is -0.0461. The minimum Gasteiger partial charge on any atom is -0.349 e. The third-order valence-corrected chi connectivity index (χ3v) is 5.94. The van der Waals surface area contributed by atoms with Crippen LogP contribution in [0.15, 0.2) is 72.1 Å². The Morgan fingerprint density at radius 3 is 2.60 bits per heavy atom. The van der Waals surface area contributed by atoms with Crippen molar-refractivity contribution < 1.29 is 4.79 Å². The number of hydrogen-bond donors (Lipinski definition) is 1. The molecule has 0 saturated heterocycles. The standard InChI is InChI=1S/C23H23N5OS/c1-3-17-9-11-18(12-10-17)16(2)27-21(29)14-30-23-20-13-26-28(22(20)24-15-25-23)19-7-5-4-6-8-19/h4-13,15-16H,3,14H2,1-2H3,(H,27,29). The first kappa shape index (κ1) is 20.1. The highest BCUT2D eigenvalue weighted by Crippen LogP contribution is 2.26. The van der Waals surface area contributed by atoms with Gasteiger partial charge in [-0.05, 0) is 36.6 Å². The maximum atomic E-state index is 12.5. The van der Waals surface area contributed by atoms with Crippen molar-refractivity contribution in [1.29, 1.82) is 0 Å². The van der Waals surface area contributed by atoms with Crippen LogP contribution >= 0.6 is 11.8 Å². The number of carbonyl (C=O) groups is 1. The van der Waals surface area contributed by atoms with Crippen LogP contribution in [0.3, 0.4) is 0 Å². The normalized spacial score (nSPS) is 12.1. The summed E-state index contributed by atoms with van der Waals surface area (Å²) in [6.07, 6.45) is 4.27. The highest BCUT2D eigenvalue weighted by molar-refractivity contribution is 8.00. The third kappa shape index (κ3) is 4.36. The van der Waals surface area contributed by atoms with E-state index < -0.39 is 0 Å². The van der Waals surface area contributed by atoms with Crippen molar-refractivity contribution in [1.82, 2.24) is 25.1 Å². The Balaban J connectivity index is 1.43. The summed E-state index contributed by atoms with van der Waals surface area (Å²) >= 11 is 1.39. The molecular weight excluding hydrogens is 394 g/mol. The van der Waals surface area contributed by atoms with Crippen molar-refractivity contribution in [3.8, 4) is 5.69 Å². The summed E-state index contributed by atoms with van der Waals surface area (Å²) in [6, 6.07) is 18.1. The molecule has 2 heterocycles. The molecule has 152 valence electrons. The second-order valence-corrected chi connectivity index (χ2v) is 7.95. The Morgan fingerprint density at radius 1 is 1.10 bits per heavy atom. The fraction of sp³-hybridized carbons (Fsp3) is 0.217. The van der Waals surface area contributed by atoms with Gasteiger partial charge in [-0.15, -0.1) is 0 Å². The number of para-hydroxylation sites is 1. The maximum absolute atomic E-state index is 12.5. The van der Waals surface area contributed by atoms with Crippen LogP contribution in [0.5, 0.6) is 0 Å². The van der Waals surface area contributed by atoms with E-state index >= 15 is 0 Å². The van der Waals surface area contributed by atoms with Gasteiger partial charge in [-0.3, -0.25) is 4.79 Å². The average Bonchev–Trinajstić information content (AvgIpc) is 3.23. The van der Waals surface area contributed by atoms with Gasteiger partial charge in [0.05, 0.1) is 29.1 Å². The van der Waals surface area contributed by atoms with Crippen LogP contribution in [-0.2, 0) is 11.2 Å². The van der Waals surface area contributed by atoms with Crippen LogP contribution in [0.1, 0.15) is 31.0 Å². The largest absolute Gasteiger partial charge is 0.349 e. The molecule has 0 aliphatic heterocycles. The monoisotopic (exact) mass is 417 g/mol. The highest BCUT2D eigenvalue weighted by Gasteiger charge is 2.14. The van der Waals surface area contributed by atoms with Crippen LogP contribution < -0.4 is 5.32 Å². The van der Waals surface area contributed by atoms with Gasteiger partial charge in [0.1, 0.15) is 11.4 Å². The lowest BCUT2D eigenvalue weighted by atomic mass is 10.1. The molecule has 4 aromatic rings. The molecule has 1 N–H and O–H groups in total. The van der Waals surface area contributed by atoms with E-state index in [2.05, 4.69) is 51.6 Å². The molecule has 30 heavy (non-hydrogen) atoms. The molecule has 2 aromatic carbocycles. The molecule has 1 amide bonds. The molecule has 0 spiro atoms. The molecule has 1 atom stereocenters. The van der Waals surface area contributed by atoms with Gasteiger partial charge < -0.3 is 5.32 Å². The van der Waals surface area contributed by atoms with Crippen molar-refractivity contribution in [2.45, 2.75) is 31.3 Å². The SMILES string of the molecule is CCc1ccc(C(C)NC(=O)CSc2ncnc3c2cnn3-c2ccccc2)cc1. The fourth-order valence-corrected chi connectivity index (χ4v) is 4.01. The lowest BCUT2D eigenvalue weighted by molar-refractivity contribution is -0.119. The fourth-order valence-electron chi connectivity index (χ4n) is 3.24. The molecule has 0 aliphatic rings. The van der Waals surface area contributed by atoms with Crippen molar-refractivity contribution in [2.24, 2.45) is 0 Å². The minimum absolute atomic E-state index is 0.0331. The molecule has 0 saturated carbocycles. The first-order chi connectivity index (χ1) is 14.7. The Hall–Kier alpha value is -3.19. The maximum Gasteiger partial charge on any atom is 0.230 e. The van der Waals surface area contributed by atoms with Gasteiger partial charge in [-0.2, -0.15) is 5.10 Å². The Morgan fingerprint density at radius 2 is 1.87 bits per heavy atom. The summed E-state index contributed by atoms with van der Waals surface area (Å²) in [4.78, 5) is 21.2. The van der Waals surface area contributed by atoms with Crippen LogP contribution in [0.25, 0.3) is 16.7 Å². The van der Waals surface area contributed by atoms with Crippen LogP contribution in [0.2, 0.25) is 0 Å². The van der Waals surface area contributed by atoms with Crippen LogP contribution in [0.4, 0.5) is 0 Å². The first-order valence-corrected chi connectivity index (χ1v) is 10.9. The average molecular weight is 418 g/mol. The molecule has 7 heteroatoms. The van der Waals surface area contributed by atoms with E-state index in [0.717, 1.165) is 33.7 Å². The Kier molecular flexibility index (Phi) is 6.09.